The molecule has 0 saturated carbocycles. The summed E-state index contributed by atoms with van der Waals surface area (Å²) in [6.07, 6.45) is 2.56. The minimum Gasteiger partial charge on any atom is -0.458 e. The Kier molecular flexibility index (Phi) is 3.03. The Bertz CT molecular complexity index is 627. The van der Waals surface area contributed by atoms with E-state index in [9.17, 15) is 10.1 Å². The van der Waals surface area contributed by atoms with Gasteiger partial charge >= 0.3 is 5.69 Å². The van der Waals surface area contributed by atoms with Crippen LogP contribution in [0.2, 0.25) is 0 Å². The van der Waals surface area contributed by atoms with E-state index in [1.54, 1.807) is 19.1 Å². The van der Waals surface area contributed by atoms with Crippen molar-refractivity contribution in [3.05, 3.63) is 46.2 Å². The van der Waals surface area contributed by atoms with Gasteiger partial charge in [0.1, 0.15) is 18.2 Å². The second-order valence-electron chi connectivity index (χ2n) is 4.56. The van der Waals surface area contributed by atoms with Crippen LogP contribution in [0, 0.1) is 10.1 Å². The van der Waals surface area contributed by atoms with Gasteiger partial charge in [-0.15, -0.1) is 0 Å². The van der Waals surface area contributed by atoms with E-state index in [1.165, 1.54) is 17.1 Å². The highest BCUT2D eigenvalue weighted by molar-refractivity contribution is 5.21. The van der Waals surface area contributed by atoms with Crippen LogP contribution < -0.4 is 0 Å². The first kappa shape index (κ1) is 12.8. The van der Waals surface area contributed by atoms with E-state index >= 15 is 0 Å². The van der Waals surface area contributed by atoms with Crippen molar-refractivity contribution < 1.29 is 18.8 Å². The van der Waals surface area contributed by atoms with Gasteiger partial charge in [-0.1, -0.05) is 0 Å². The van der Waals surface area contributed by atoms with Gasteiger partial charge in [-0.05, 0) is 19.1 Å². The summed E-state index contributed by atoms with van der Waals surface area (Å²) in [5.41, 5.74) is -0.0498. The molecular weight excluding hydrogens is 266 g/mol. The number of hydrogen-bond donors (Lipinski definition) is 0. The average molecular weight is 279 g/mol. The third kappa shape index (κ3) is 2.30. The van der Waals surface area contributed by atoms with Gasteiger partial charge in [0.2, 0.25) is 5.79 Å². The molecule has 0 aliphatic carbocycles. The van der Waals surface area contributed by atoms with E-state index < -0.39 is 10.7 Å². The minimum absolute atomic E-state index is 0.0498. The molecule has 0 spiro atoms. The summed E-state index contributed by atoms with van der Waals surface area (Å²) in [6, 6.07) is 3.55. The minimum atomic E-state index is -0.853. The summed E-state index contributed by atoms with van der Waals surface area (Å²) in [6.45, 7) is 3.15. The first-order chi connectivity index (χ1) is 9.57. The number of aromatic nitrogens is 2. The van der Waals surface area contributed by atoms with Gasteiger partial charge < -0.3 is 13.9 Å². The quantitative estimate of drug-likeness (QED) is 0.624. The average Bonchev–Trinajstić information content (AvgIpc) is 3.10. The van der Waals surface area contributed by atoms with Crippen LogP contribution in [-0.4, -0.2) is 27.9 Å². The number of hydrogen-bond acceptors (Lipinski definition) is 6. The topological polar surface area (TPSA) is 92.6 Å². The fourth-order valence-electron chi connectivity index (χ4n) is 2.06. The zero-order valence-corrected chi connectivity index (χ0v) is 10.8. The Morgan fingerprint density at radius 3 is 2.85 bits per heavy atom. The highest BCUT2D eigenvalue weighted by Gasteiger charge is 2.36. The molecule has 0 atom stereocenters. The molecule has 8 heteroatoms. The van der Waals surface area contributed by atoms with Crippen molar-refractivity contribution in [3.63, 3.8) is 0 Å². The SMILES string of the molecule is CC1(c2ccc(Cn3cc([N+](=O)[O-])cn3)o2)OCCO1. The number of ether oxygens (including phenoxy) is 2. The molecule has 2 aromatic heterocycles. The molecule has 0 aromatic carbocycles. The second-order valence-corrected chi connectivity index (χ2v) is 4.56. The van der Waals surface area contributed by atoms with Gasteiger partial charge in [0.25, 0.3) is 0 Å². The molecule has 1 aliphatic heterocycles. The molecule has 0 amide bonds. The Balaban J connectivity index is 1.75. The van der Waals surface area contributed by atoms with Crippen LogP contribution >= 0.6 is 0 Å². The van der Waals surface area contributed by atoms with Crippen molar-refractivity contribution in [2.75, 3.05) is 13.2 Å². The molecule has 1 aliphatic rings. The van der Waals surface area contributed by atoms with Crippen molar-refractivity contribution in [1.29, 1.82) is 0 Å². The third-order valence-electron chi connectivity index (χ3n) is 3.10. The van der Waals surface area contributed by atoms with Crippen LogP contribution in [0.4, 0.5) is 5.69 Å². The lowest BCUT2D eigenvalue weighted by Gasteiger charge is -2.18. The predicted molar refractivity (Wildman–Crippen MR) is 65.9 cm³/mol. The van der Waals surface area contributed by atoms with Crippen molar-refractivity contribution in [1.82, 2.24) is 9.78 Å². The lowest BCUT2D eigenvalue weighted by molar-refractivity contribution is -0.385. The van der Waals surface area contributed by atoms with Crippen LogP contribution in [0.3, 0.4) is 0 Å². The maximum absolute atomic E-state index is 10.6. The normalized spacial score (nSPS) is 17.4. The van der Waals surface area contributed by atoms with E-state index in [0.29, 0.717) is 31.3 Å². The standard InChI is InChI=1S/C12H13N3O5/c1-12(18-4-5-19-12)11-3-2-10(20-11)8-14-7-9(6-13-14)15(16)17/h2-3,6-7H,4-5,8H2,1H3. The maximum Gasteiger partial charge on any atom is 0.307 e. The van der Waals surface area contributed by atoms with E-state index in [2.05, 4.69) is 5.10 Å². The second kappa shape index (κ2) is 4.73. The van der Waals surface area contributed by atoms with Gasteiger partial charge in [0.15, 0.2) is 5.76 Å². The number of nitrogens with zero attached hydrogens (tertiary/aromatic N) is 3. The molecule has 0 N–H and O–H groups in total. The summed E-state index contributed by atoms with van der Waals surface area (Å²) in [4.78, 5) is 10.1. The Morgan fingerprint density at radius 1 is 1.45 bits per heavy atom. The van der Waals surface area contributed by atoms with Crippen molar-refractivity contribution in [2.24, 2.45) is 0 Å². The van der Waals surface area contributed by atoms with E-state index in [4.69, 9.17) is 13.9 Å². The van der Waals surface area contributed by atoms with Gasteiger partial charge in [-0.3, -0.25) is 14.8 Å². The first-order valence-electron chi connectivity index (χ1n) is 6.11. The Hall–Kier alpha value is -2.19. The monoisotopic (exact) mass is 279 g/mol. The third-order valence-corrected chi connectivity index (χ3v) is 3.10. The van der Waals surface area contributed by atoms with Crippen LogP contribution in [0.15, 0.2) is 28.9 Å². The molecule has 0 unspecified atom stereocenters. The summed E-state index contributed by atoms with van der Waals surface area (Å²) in [7, 11) is 0. The molecular formula is C12H13N3O5. The molecule has 8 nitrogen and oxygen atoms in total. The zero-order chi connectivity index (χ0) is 14.2. The molecule has 0 radical (unpaired) electrons. The fourth-order valence-corrected chi connectivity index (χ4v) is 2.06. The smallest absolute Gasteiger partial charge is 0.307 e. The van der Waals surface area contributed by atoms with E-state index in [0.717, 1.165) is 0 Å². The van der Waals surface area contributed by atoms with Crippen molar-refractivity contribution in [3.8, 4) is 0 Å². The van der Waals surface area contributed by atoms with E-state index in [1.807, 2.05) is 0 Å². The number of nitro groups is 1. The molecule has 1 fully saturated rings. The summed E-state index contributed by atoms with van der Waals surface area (Å²) >= 11 is 0. The van der Waals surface area contributed by atoms with Gasteiger partial charge in [-0.25, -0.2) is 0 Å². The van der Waals surface area contributed by atoms with Gasteiger partial charge in [0, 0.05) is 0 Å². The molecule has 20 heavy (non-hydrogen) atoms. The lowest BCUT2D eigenvalue weighted by Crippen LogP contribution is -2.21. The predicted octanol–water partition coefficient (Wildman–Crippen LogP) is 1.65. The van der Waals surface area contributed by atoms with E-state index in [-0.39, 0.29) is 5.69 Å². The van der Waals surface area contributed by atoms with Crippen LogP contribution in [0.25, 0.3) is 0 Å². The van der Waals surface area contributed by atoms with Crippen LogP contribution in [-0.2, 0) is 21.8 Å². The molecule has 0 bridgehead atoms. The molecule has 106 valence electrons. The molecule has 3 rings (SSSR count). The Labute approximate surface area is 114 Å². The van der Waals surface area contributed by atoms with Crippen molar-refractivity contribution >= 4 is 5.69 Å². The van der Waals surface area contributed by atoms with Crippen molar-refractivity contribution in [2.45, 2.75) is 19.3 Å². The fraction of sp³-hybridized carbons (Fsp3) is 0.417. The van der Waals surface area contributed by atoms with Crippen LogP contribution in [0.1, 0.15) is 18.4 Å². The lowest BCUT2D eigenvalue weighted by atomic mass is 10.2. The number of rotatable bonds is 4. The Morgan fingerprint density at radius 2 is 2.20 bits per heavy atom. The highest BCUT2D eigenvalue weighted by atomic mass is 16.7. The molecule has 2 aromatic rings. The first-order valence-corrected chi connectivity index (χ1v) is 6.11. The van der Waals surface area contributed by atoms with Gasteiger partial charge in [0.05, 0.1) is 24.7 Å². The van der Waals surface area contributed by atoms with Crippen LogP contribution in [0.5, 0.6) is 0 Å². The summed E-state index contributed by atoms with van der Waals surface area (Å²) in [5.74, 6) is 0.346. The maximum atomic E-state index is 10.6. The molecule has 1 saturated heterocycles. The molecule has 3 heterocycles. The largest absolute Gasteiger partial charge is 0.458 e. The van der Waals surface area contributed by atoms with Gasteiger partial charge in [-0.2, -0.15) is 5.10 Å². The summed E-state index contributed by atoms with van der Waals surface area (Å²) < 4.78 is 18.1. The zero-order valence-electron chi connectivity index (χ0n) is 10.8. The highest BCUT2D eigenvalue weighted by Crippen LogP contribution is 2.32. The number of furan rings is 1. The summed E-state index contributed by atoms with van der Waals surface area (Å²) in [5, 5.41) is 14.5.